The van der Waals surface area contributed by atoms with Crippen LogP contribution in [0.15, 0.2) is 59.2 Å². The zero-order valence-electron chi connectivity index (χ0n) is 14.2. The Morgan fingerprint density at radius 1 is 1.11 bits per heavy atom. The van der Waals surface area contributed by atoms with Crippen LogP contribution in [-0.2, 0) is 11.0 Å². The number of hydrogen-bond donors (Lipinski definition) is 1. The van der Waals surface area contributed by atoms with E-state index in [1.165, 1.54) is 19.1 Å². The molecule has 1 N–H and O–H groups in total. The summed E-state index contributed by atoms with van der Waals surface area (Å²) >= 11 is 5.58. The van der Waals surface area contributed by atoms with Crippen molar-refractivity contribution in [1.29, 1.82) is 0 Å². The first-order chi connectivity index (χ1) is 12.8. The van der Waals surface area contributed by atoms with Crippen LogP contribution >= 0.6 is 11.6 Å². The highest BCUT2D eigenvalue weighted by atomic mass is 35.5. The summed E-state index contributed by atoms with van der Waals surface area (Å²) in [5, 5.41) is 8.52. The van der Waals surface area contributed by atoms with Crippen LogP contribution in [-0.4, -0.2) is 17.3 Å². The number of rotatable bonds is 3. The minimum Gasteiger partial charge on any atom is -0.478 e. The smallest absolute Gasteiger partial charge is 0.416 e. The fourth-order valence-corrected chi connectivity index (χ4v) is 2.85. The van der Waals surface area contributed by atoms with E-state index in [9.17, 15) is 31.1 Å². The Balaban J connectivity index is 2.49. The SMILES string of the molecule is CC1=C(C(=O)O)C=CC(=CC=C(c2cc(Cl)cc(C(F)(F)F)c2)C(F)(F)F)C1. The van der Waals surface area contributed by atoms with Crippen LogP contribution in [0.1, 0.15) is 24.5 Å². The average Bonchev–Trinajstić information content (AvgIpc) is 2.52. The minimum atomic E-state index is -4.93. The predicted octanol–water partition coefficient (Wildman–Crippen LogP) is 6.59. The summed E-state index contributed by atoms with van der Waals surface area (Å²) < 4.78 is 79.0. The van der Waals surface area contributed by atoms with E-state index in [-0.39, 0.29) is 12.0 Å². The van der Waals surface area contributed by atoms with E-state index in [0.717, 1.165) is 12.1 Å². The monoisotopic (exact) mass is 422 g/mol. The summed E-state index contributed by atoms with van der Waals surface area (Å²) in [5.41, 5.74) is -2.44. The normalized spacial score (nSPS) is 17.4. The summed E-state index contributed by atoms with van der Waals surface area (Å²) in [6.07, 6.45) is -5.32. The molecule has 2 rings (SSSR count). The van der Waals surface area contributed by atoms with Gasteiger partial charge >= 0.3 is 18.3 Å². The maximum absolute atomic E-state index is 13.4. The molecule has 0 saturated heterocycles. The molecular weight excluding hydrogens is 410 g/mol. The summed E-state index contributed by atoms with van der Waals surface area (Å²) in [7, 11) is 0. The lowest BCUT2D eigenvalue weighted by molar-refractivity contribution is -0.137. The van der Waals surface area contributed by atoms with E-state index in [1.54, 1.807) is 0 Å². The highest BCUT2D eigenvalue weighted by Crippen LogP contribution is 2.39. The highest BCUT2D eigenvalue weighted by molar-refractivity contribution is 6.30. The van der Waals surface area contributed by atoms with Crippen molar-refractivity contribution in [3.63, 3.8) is 0 Å². The Morgan fingerprint density at radius 3 is 2.25 bits per heavy atom. The van der Waals surface area contributed by atoms with Gasteiger partial charge in [0.1, 0.15) is 0 Å². The molecule has 0 unspecified atom stereocenters. The molecule has 0 heterocycles. The number of carboxylic acids is 1. The van der Waals surface area contributed by atoms with Gasteiger partial charge in [-0.25, -0.2) is 4.79 Å². The first kappa shape index (κ1) is 21.8. The van der Waals surface area contributed by atoms with E-state index < -0.39 is 40.0 Å². The van der Waals surface area contributed by atoms with Gasteiger partial charge in [-0.3, -0.25) is 0 Å². The third-order valence-electron chi connectivity index (χ3n) is 3.93. The van der Waals surface area contributed by atoms with Gasteiger partial charge in [0.2, 0.25) is 0 Å². The Hall–Kier alpha value is -2.48. The largest absolute Gasteiger partial charge is 0.478 e. The molecule has 1 aromatic rings. The average molecular weight is 423 g/mol. The molecule has 0 atom stereocenters. The van der Waals surface area contributed by atoms with Crippen LogP contribution in [0.2, 0.25) is 5.02 Å². The second-order valence-electron chi connectivity index (χ2n) is 6.06. The standard InChI is InChI=1S/C19H13ClF6O2/c1-10-6-11(2-4-15(10)17(27)28)3-5-16(19(24,25)26)12-7-13(18(21,22)23)9-14(20)8-12/h2-5,7-9H,6H2,1H3,(H,27,28). The zero-order chi connectivity index (χ0) is 21.3. The van der Waals surface area contributed by atoms with Crippen LogP contribution < -0.4 is 0 Å². The fourth-order valence-electron chi connectivity index (χ4n) is 2.61. The highest BCUT2D eigenvalue weighted by Gasteiger charge is 2.37. The lowest BCUT2D eigenvalue weighted by atomic mass is 9.94. The van der Waals surface area contributed by atoms with Gasteiger partial charge < -0.3 is 5.11 Å². The predicted molar refractivity (Wildman–Crippen MR) is 92.7 cm³/mol. The molecule has 0 fully saturated rings. The fraction of sp³-hybridized carbons (Fsp3) is 0.211. The lowest BCUT2D eigenvalue weighted by Crippen LogP contribution is -2.12. The molecule has 0 amide bonds. The van der Waals surface area contributed by atoms with Crippen molar-refractivity contribution >= 4 is 23.1 Å². The molecule has 150 valence electrons. The molecule has 0 radical (unpaired) electrons. The van der Waals surface area contributed by atoms with Gasteiger partial charge in [0, 0.05) is 5.02 Å². The molecule has 0 bridgehead atoms. The Labute approximate surface area is 161 Å². The number of carboxylic acid groups (broad SMARTS) is 1. The molecule has 9 heteroatoms. The second kappa shape index (κ2) is 7.87. The zero-order valence-corrected chi connectivity index (χ0v) is 15.0. The third kappa shape index (κ3) is 5.28. The third-order valence-corrected chi connectivity index (χ3v) is 4.15. The molecule has 1 aromatic carbocycles. The number of allylic oxidation sites excluding steroid dienone is 6. The molecule has 0 spiro atoms. The summed E-state index contributed by atoms with van der Waals surface area (Å²) in [6, 6.07) is 1.73. The van der Waals surface area contributed by atoms with E-state index >= 15 is 0 Å². The van der Waals surface area contributed by atoms with Crippen LogP contribution in [0.25, 0.3) is 5.57 Å². The number of hydrogen-bond acceptors (Lipinski definition) is 1. The van der Waals surface area contributed by atoms with Gasteiger partial charge in [-0.15, -0.1) is 0 Å². The van der Waals surface area contributed by atoms with Crippen LogP contribution in [0, 0.1) is 0 Å². The number of aliphatic carboxylic acids is 1. The Bertz CT molecular complexity index is 917. The van der Waals surface area contributed by atoms with Crippen LogP contribution in [0.3, 0.4) is 0 Å². The number of alkyl halides is 6. The van der Waals surface area contributed by atoms with Crippen molar-refractivity contribution in [2.75, 3.05) is 0 Å². The Kier molecular flexibility index (Phi) is 6.13. The summed E-state index contributed by atoms with van der Waals surface area (Å²) in [5.74, 6) is -1.15. The van der Waals surface area contributed by atoms with Crippen LogP contribution in [0.5, 0.6) is 0 Å². The van der Waals surface area contributed by atoms with Gasteiger partial charge in [-0.05, 0) is 54.8 Å². The van der Waals surface area contributed by atoms with Crippen LogP contribution in [0.4, 0.5) is 26.3 Å². The topological polar surface area (TPSA) is 37.3 Å². The quantitative estimate of drug-likeness (QED) is 0.558. The van der Waals surface area contributed by atoms with Crippen molar-refractivity contribution in [2.45, 2.75) is 25.7 Å². The van der Waals surface area contributed by atoms with Crippen molar-refractivity contribution in [3.05, 3.63) is 75.4 Å². The molecule has 1 aliphatic carbocycles. The second-order valence-corrected chi connectivity index (χ2v) is 6.49. The van der Waals surface area contributed by atoms with Gasteiger partial charge in [0.05, 0.1) is 16.7 Å². The summed E-state index contributed by atoms with van der Waals surface area (Å²) in [6.45, 7) is 1.53. The van der Waals surface area contributed by atoms with Crippen molar-refractivity contribution in [3.8, 4) is 0 Å². The first-order valence-electron chi connectivity index (χ1n) is 7.76. The lowest BCUT2D eigenvalue weighted by Gasteiger charge is -2.15. The van der Waals surface area contributed by atoms with E-state index in [0.29, 0.717) is 29.4 Å². The molecule has 1 aliphatic rings. The van der Waals surface area contributed by atoms with Crippen molar-refractivity contribution < 1.29 is 36.2 Å². The molecule has 0 saturated carbocycles. The Morgan fingerprint density at radius 2 is 1.75 bits per heavy atom. The molecule has 28 heavy (non-hydrogen) atoms. The first-order valence-corrected chi connectivity index (χ1v) is 8.14. The van der Waals surface area contributed by atoms with Crippen molar-refractivity contribution in [2.24, 2.45) is 0 Å². The van der Waals surface area contributed by atoms with Gasteiger partial charge in [0.25, 0.3) is 0 Å². The molecule has 2 nitrogen and oxygen atoms in total. The maximum atomic E-state index is 13.4. The maximum Gasteiger partial charge on any atom is 0.416 e. The minimum absolute atomic E-state index is 0.0434. The number of carbonyl (C=O) groups is 1. The van der Waals surface area contributed by atoms with E-state index in [2.05, 4.69) is 0 Å². The van der Waals surface area contributed by atoms with E-state index in [1.807, 2.05) is 0 Å². The molecule has 0 aliphatic heterocycles. The van der Waals surface area contributed by atoms with Crippen molar-refractivity contribution in [1.82, 2.24) is 0 Å². The van der Waals surface area contributed by atoms with Gasteiger partial charge in [0.15, 0.2) is 0 Å². The van der Waals surface area contributed by atoms with Gasteiger partial charge in [-0.1, -0.05) is 29.3 Å². The molecule has 0 aromatic heterocycles. The number of benzene rings is 1. The van der Waals surface area contributed by atoms with E-state index in [4.69, 9.17) is 16.7 Å². The number of halogens is 7. The van der Waals surface area contributed by atoms with Gasteiger partial charge in [-0.2, -0.15) is 26.3 Å². The molecular formula is C19H13ClF6O2. The summed E-state index contributed by atoms with van der Waals surface area (Å²) in [4.78, 5) is 11.0.